The number of nitrogens with zero attached hydrogens (tertiary/aromatic N) is 2. The first-order valence-corrected chi connectivity index (χ1v) is 7.27. The van der Waals surface area contributed by atoms with Gasteiger partial charge < -0.3 is 8.98 Å². The summed E-state index contributed by atoms with van der Waals surface area (Å²) in [5.41, 5.74) is 2.78. The van der Waals surface area contributed by atoms with Gasteiger partial charge in [0.2, 0.25) is 11.2 Å². The number of aromatic nitrogens is 1. The Morgan fingerprint density at radius 2 is 1.78 bits per heavy atom. The molecule has 0 N–H and O–H groups in total. The quantitative estimate of drug-likeness (QED) is 0.567. The van der Waals surface area contributed by atoms with Crippen molar-refractivity contribution in [3.63, 3.8) is 0 Å². The van der Waals surface area contributed by atoms with Gasteiger partial charge in [-0.05, 0) is 17.7 Å². The fraction of sp³-hybridized carbons (Fsp3) is 0.0526. The summed E-state index contributed by atoms with van der Waals surface area (Å²) in [6.07, 6.45) is 0. The van der Waals surface area contributed by atoms with Gasteiger partial charge in [-0.1, -0.05) is 42.5 Å². The molecule has 0 saturated heterocycles. The minimum Gasteiger partial charge on any atom is -0.443 e. The summed E-state index contributed by atoms with van der Waals surface area (Å²) in [4.78, 5) is 12.5. The molecule has 4 rings (SSSR count). The first kappa shape index (κ1) is 13.4. The highest BCUT2D eigenvalue weighted by Crippen LogP contribution is 2.28. The van der Waals surface area contributed by atoms with Crippen LogP contribution in [-0.4, -0.2) is 4.57 Å². The van der Waals surface area contributed by atoms with Crippen LogP contribution in [0.15, 0.2) is 69.9 Å². The molecule has 0 spiro atoms. The summed E-state index contributed by atoms with van der Waals surface area (Å²) in [6.45, 7) is 0.571. The molecule has 0 bridgehead atoms. The molecular weight excluding hydrogens is 288 g/mol. The lowest BCUT2D eigenvalue weighted by Crippen LogP contribution is -2.08. The van der Waals surface area contributed by atoms with Crippen LogP contribution in [0.25, 0.3) is 22.0 Å². The second-order valence-corrected chi connectivity index (χ2v) is 5.35. The highest BCUT2D eigenvalue weighted by molar-refractivity contribution is 6.04. The van der Waals surface area contributed by atoms with Crippen molar-refractivity contribution in [3.8, 4) is 6.07 Å². The maximum Gasteiger partial charge on any atom is 0.210 e. The highest BCUT2D eigenvalue weighted by Gasteiger charge is 2.16. The standard InChI is InChI=1S/C19H12N2O2/c20-11-14-10-17(22)18-19(23-14)15-8-4-5-9-16(15)21(18)12-13-6-2-1-3-7-13/h1-10H,12H2. The van der Waals surface area contributed by atoms with Crippen LogP contribution < -0.4 is 5.43 Å². The van der Waals surface area contributed by atoms with E-state index in [1.807, 2.05) is 65.2 Å². The van der Waals surface area contributed by atoms with Gasteiger partial charge in [-0.25, -0.2) is 0 Å². The van der Waals surface area contributed by atoms with Crippen molar-refractivity contribution in [2.45, 2.75) is 6.54 Å². The molecule has 0 unspecified atom stereocenters. The minimum atomic E-state index is -0.199. The summed E-state index contributed by atoms with van der Waals surface area (Å²) >= 11 is 0. The number of para-hydroxylation sites is 1. The van der Waals surface area contributed by atoms with Crippen LogP contribution >= 0.6 is 0 Å². The van der Waals surface area contributed by atoms with Crippen molar-refractivity contribution < 1.29 is 4.42 Å². The summed E-state index contributed by atoms with van der Waals surface area (Å²) in [5, 5.41) is 9.89. The zero-order valence-corrected chi connectivity index (χ0v) is 12.2. The summed E-state index contributed by atoms with van der Waals surface area (Å²) < 4.78 is 7.59. The van der Waals surface area contributed by atoms with E-state index < -0.39 is 0 Å². The van der Waals surface area contributed by atoms with Crippen LogP contribution in [0, 0.1) is 11.3 Å². The van der Waals surface area contributed by atoms with Gasteiger partial charge in [0, 0.05) is 18.0 Å². The Labute approximate surface area is 131 Å². The Morgan fingerprint density at radius 1 is 1.04 bits per heavy atom. The maximum absolute atomic E-state index is 12.5. The zero-order valence-electron chi connectivity index (χ0n) is 12.2. The van der Waals surface area contributed by atoms with Gasteiger partial charge in [0.25, 0.3) is 0 Å². The molecule has 0 aliphatic rings. The smallest absolute Gasteiger partial charge is 0.210 e. The van der Waals surface area contributed by atoms with Crippen LogP contribution in [0.2, 0.25) is 0 Å². The van der Waals surface area contributed by atoms with Gasteiger partial charge in [0.15, 0.2) is 5.58 Å². The fourth-order valence-electron chi connectivity index (χ4n) is 2.93. The average Bonchev–Trinajstić information content (AvgIpc) is 2.90. The maximum atomic E-state index is 12.5. The first-order chi connectivity index (χ1) is 11.3. The Morgan fingerprint density at radius 3 is 2.57 bits per heavy atom. The minimum absolute atomic E-state index is 0.0325. The largest absolute Gasteiger partial charge is 0.443 e. The van der Waals surface area contributed by atoms with E-state index in [1.165, 1.54) is 6.07 Å². The molecule has 0 amide bonds. The number of benzene rings is 2. The lowest BCUT2D eigenvalue weighted by molar-refractivity contribution is 0.587. The number of fused-ring (bicyclic) bond motifs is 3. The Hall–Kier alpha value is -3.32. The van der Waals surface area contributed by atoms with Crippen molar-refractivity contribution in [1.29, 1.82) is 5.26 Å². The van der Waals surface area contributed by atoms with E-state index >= 15 is 0 Å². The predicted molar refractivity (Wildman–Crippen MR) is 88.2 cm³/mol. The van der Waals surface area contributed by atoms with E-state index in [-0.39, 0.29) is 11.2 Å². The van der Waals surface area contributed by atoms with Crippen LogP contribution in [0.4, 0.5) is 0 Å². The molecule has 0 radical (unpaired) electrons. The van der Waals surface area contributed by atoms with Crippen molar-refractivity contribution in [2.24, 2.45) is 0 Å². The highest BCUT2D eigenvalue weighted by atomic mass is 16.3. The molecule has 23 heavy (non-hydrogen) atoms. The van der Waals surface area contributed by atoms with Crippen molar-refractivity contribution >= 4 is 22.0 Å². The lowest BCUT2D eigenvalue weighted by Gasteiger charge is -2.06. The van der Waals surface area contributed by atoms with Crippen molar-refractivity contribution in [2.75, 3.05) is 0 Å². The number of rotatable bonds is 2. The second-order valence-electron chi connectivity index (χ2n) is 5.35. The molecule has 4 heteroatoms. The molecule has 2 aromatic heterocycles. The molecule has 0 atom stereocenters. The summed E-state index contributed by atoms with van der Waals surface area (Å²) in [6, 6.07) is 20.8. The van der Waals surface area contributed by atoms with Crippen LogP contribution in [0.3, 0.4) is 0 Å². The number of nitriles is 1. The molecule has 0 aliphatic heterocycles. The normalized spacial score (nSPS) is 10.9. The molecule has 2 aromatic carbocycles. The number of hydrogen-bond acceptors (Lipinski definition) is 3. The van der Waals surface area contributed by atoms with Gasteiger partial charge in [-0.15, -0.1) is 0 Å². The van der Waals surface area contributed by atoms with Gasteiger partial charge in [-0.2, -0.15) is 5.26 Å². The lowest BCUT2D eigenvalue weighted by atomic mass is 10.2. The molecular formula is C19H12N2O2. The predicted octanol–water partition coefficient (Wildman–Crippen LogP) is 3.67. The van der Waals surface area contributed by atoms with Gasteiger partial charge in [0.05, 0.1) is 5.52 Å². The van der Waals surface area contributed by atoms with Gasteiger partial charge in [0.1, 0.15) is 11.6 Å². The third-order valence-corrected chi connectivity index (χ3v) is 3.93. The molecule has 110 valence electrons. The zero-order chi connectivity index (χ0) is 15.8. The summed E-state index contributed by atoms with van der Waals surface area (Å²) in [5.74, 6) is 0.0325. The Kier molecular flexibility index (Phi) is 2.99. The molecule has 2 heterocycles. The molecule has 0 aliphatic carbocycles. The van der Waals surface area contributed by atoms with Crippen molar-refractivity contribution in [3.05, 3.63) is 82.2 Å². The Balaban J connectivity index is 2.09. The molecule has 0 fully saturated rings. The fourth-order valence-corrected chi connectivity index (χ4v) is 2.93. The summed E-state index contributed by atoms with van der Waals surface area (Å²) in [7, 11) is 0. The van der Waals surface area contributed by atoms with Crippen LogP contribution in [-0.2, 0) is 6.54 Å². The third kappa shape index (κ3) is 2.11. The van der Waals surface area contributed by atoms with E-state index in [0.29, 0.717) is 17.6 Å². The van der Waals surface area contributed by atoms with Crippen LogP contribution in [0.5, 0.6) is 0 Å². The monoisotopic (exact) mass is 300 g/mol. The average molecular weight is 300 g/mol. The first-order valence-electron chi connectivity index (χ1n) is 7.27. The van der Waals surface area contributed by atoms with E-state index in [1.54, 1.807) is 0 Å². The van der Waals surface area contributed by atoms with Gasteiger partial charge in [-0.3, -0.25) is 4.79 Å². The Bertz CT molecular complexity index is 1120. The van der Waals surface area contributed by atoms with E-state index in [0.717, 1.165) is 16.5 Å². The molecule has 4 aromatic rings. The second kappa shape index (κ2) is 5.15. The van der Waals surface area contributed by atoms with E-state index in [4.69, 9.17) is 9.68 Å². The topological polar surface area (TPSA) is 58.9 Å². The SMILES string of the molecule is N#Cc1cc(=O)c2c(o1)c1ccccc1n2Cc1ccccc1. The molecule has 4 nitrogen and oxygen atoms in total. The van der Waals surface area contributed by atoms with Gasteiger partial charge >= 0.3 is 0 Å². The van der Waals surface area contributed by atoms with Crippen LogP contribution in [0.1, 0.15) is 11.3 Å². The number of hydrogen-bond donors (Lipinski definition) is 0. The van der Waals surface area contributed by atoms with E-state index in [9.17, 15) is 4.79 Å². The molecule has 0 saturated carbocycles. The van der Waals surface area contributed by atoms with E-state index in [2.05, 4.69) is 0 Å². The third-order valence-electron chi connectivity index (χ3n) is 3.93. The van der Waals surface area contributed by atoms with Crippen molar-refractivity contribution in [1.82, 2.24) is 4.57 Å².